The van der Waals surface area contributed by atoms with Crippen LogP contribution in [0.2, 0.25) is 0 Å². The monoisotopic (exact) mass is 311 g/mol. The van der Waals surface area contributed by atoms with Crippen LogP contribution in [0.25, 0.3) is 0 Å². The van der Waals surface area contributed by atoms with Crippen LogP contribution in [-0.2, 0) is 16.0 Å². The van der Waals surface area contributed by atoms with Crippen molar-refractivity contribution in [2.75, 3.05) is 5.32 Å². The molecule has 0 saturated carbocycles. The average Bonchev–Trinajstić information content (AvgIpc) is 2.55. The molecule has 3 N–H and O–H groups in total. The summed E-state index contributed by atoms with van der Waals surface area (Å²) in [6, 6.07) is 13.6. The Morgan fingerprint density at radius 3 is 2.52 bits per heavy atom. The number of phenols is 1. The van der Waals surface area contributed by atoms with Crippen LogP contribution in [0.3, 0.4) is 0 Å². The van der Waals surface area contributed by atoms with Crippen LogP contribution >= 0.6 is 0 Å². The third kappa shape index (κ3) is 4.96. The number of nitrogens with zero attached hydrogens (tertiary/aromatic N) is 1. The first-order valence-electron chi connectivity index (χ1n) is 7.11. The number of aryl methyl sites for hydroxylation is 1. The summed E-state index contributed by atoms with van der Waals surface area (Å²) in [5, 5.41) is 15.5. The number of hydrazone groups is 1. The van der Waals surface area contributed by atoms with E-state index in [1.165, 1.54) is 18.3 Å². The molecule has 23 heavy (non-hydrogen) atoms. The number of nitrogens with one attached hydrogen (secondary N) is 2. The SMILES string of the molecule is CCc1ccc(NC(=O)C(=O)N/N=C\c2cccc(O)c2)cc1. The highest BCUT2D eigenvalue weighted by Crippen LogP contribution is 2.10. The number of anilines is 1. The van der Waals surface area contributed by atoms with Gasteiger partial charge in [-0.2, -0.15) is 5.10 Å². The Balaban J connectivity index is 1.88. The van der Waals surface area contributed by atoms with Crippen LogP contribution in [-0.4, -0.2) is 23.1 Å². The van der Waals surface area contributed by atoms with Gasteiger partial charge >= 0.3 is 11.8 Å². The van der Waals surface area contributed by atoms with Crippen LogP contribution in [0.4, 0.5) is 5.69 Å². The lowest BCUT2D eigenvalue weighted by atomic mass is 10.1. The van der Waals surface area contributed by atoms with E-state index < -0.39 is 11.8 Å². The van der Waals surface area contributed by atoms with Crippen LogP contribution in [0.5, 0.6) is 5.75 Å². The summed E-state index contributed by atoms with van der Waals surface area (Å²) in [6.45, 7) is 2.03. The second-order valence-corrected chi connectivity index (χ2v) is 4.80. The first-order valence-corrected chi connectivity index (χ1v) is 7.11. The molecule has 6 nitrogen and oxygen atoms in total. The molecule has 2 aromatic rings. The lowest BCUT2D eigenvalue weighted by molar-refractivity contribution is -0.136. The molecule has 2 amide bonds. The van der Waals surface area contributed by atoms with Gasteiger partial charge < -0.3 is 10.4 Å². The van der Waals surface area contributed by atoms with Gasteiger partial charge in [-0.1, -0.05) is 31.2 Å². The zero-order valence-corrected chi connectivity index (χ0v) is 12.6. The van der Waals surface area contributed by atoms with Crippen molar-refractivity contribution in [3.05, 3.63) is 59.7 Å². The normalized spacial score (nSPS) is 10.5. The molecule has 0 fully saturated rings. The van der Waals surface area contributed by atoms with Gasteiger partial charge in [0.25, 0.3) is 0 Å². The first-order chi connectivity index (χ1) is 11.1. The standard InChI is InChI=1S/C17H17N3O3/c1-2-12-6-8-14(9-7-12)19-16(22)17(23)20-18-11-13-4-3-5-15(21)10-13/h3-11,21H,2H2,1H3,(H,19,22)(H,20,23)/b18-11-. The van der Waals surface area contributed by atoms with Crippen molar-refractivity contribution in [2.24, 2.45) is 5.10 Å². The highest BCUT2D eigenvalue weighted by Gasteiger charge is 2.12. The van der Waals surface area contributed by atoms with Crippen molar-refractivity contribution in [1.29, 1.82) is 0 Å². The molecule has 0 aliphatic rings. The third-order valence-corrected chi connectivity index (χ3v) is 3.08. The molecule has 0 atom stereocenters. The van der Waals surface area contributed by atoms with Crippen molar-refractivity contribution >= 4 is 23.7 Å². The Morgan fingerprint density at radius 1 is 1.13 bits per heavy atom. The number of rotatable bonds is 4. The minimum absolute atomic E-state index is 0.0912. The molecule has 0 heterocycles. The number of aromatic hydroxyl groups is 1. The zero-order chi connectivity index (χ0) is 16.7. The molecule has 118 valence electrons. The summed E-state index contributed by atoms with van der Waals surface area (Å²) in [7, 11) is 0. The Morgan fingerprint density at radius 2 is 1.87 bits per heavy atom. The Kier molecular flexibility index (Phi) is 5.46. The fourth-order valence-corrected chi connectivity index (χ4v) is 1.83. The van der Waals surface area contributed by atoms with Gasteiger partial charge in [-0.05, 0) is 41.8 Å². The van der Waals surface area contributed by atoms with Crippen molar-refractivity contribution in [3.8, 4) is 5.75 Å². The van der Waals surface area contributed by atoms with E-state index >= 15 is 0 Å². The molecule has 2 rings (SSSR count). The summed E-state index contributed by atoms with van der Waals surface area (Å²) in [4.78, 5) is 23.4. The largest absolute Gasteiger partial charge is 0.508 e. The molecule has 0 unspecified atom stereocenters. The maximum atomic E-state index is 11.7. The molecule has 0 radical (unpaired) electrons. The second kappa shape index (κ2) is 7.74. The molecular formula is C17H17N3O3. The number of hydrogen-bond donors (Lipinski definition) is 3. The predicted octanol–water partition coefficient (Wildman–Crippen LogP) is 2.04. The Hall–Kier alpha value is -3.15. The van der Waals surface area contributed by atoms with Crippen LogP contribution in [0.1, 0.15) is 18.1 Å². The van der Waals surface area contributed by atoms with Crippen molar-refractivity contribution < 1.29 is 14.7 Å². The summed E-state index contributed by atoms with van der Waals surface area (Å²) in [6.07, 6.45) is 2.24. The zero-order valence-electron chi connectivity index (χ0n) is 12.6. The quantitative estimate of drug-likeness (QED) is 0.458. The smallest absolute Gasteiger partial charge is 0.329 e. The second-order valence-electron chi connectivity index (χ2n) is 4.80. The van der Waals surface area contributed by atoms with E-state index in [1.54, 1.807) is 24.3 Å². The van der Waals surface area contributed by atoms with Gasteiger partial charge in [0.2, 0.25) is 0 Å². The fraction of sp³-hybridized carbons (Fsp3) is 0.118. The highest BCUT2D eigenvalue weighted by molar-refractivity contribution is 6.39. The summed E-state index contributed by atoms with van der Waals surface area (Å²) in [5.41, 5.74) is 4.41. The van der Waals surface area contributed by atoms with Gasteiger partial charge in [0.1, 0.15) is 5.75 Å². The van der Waals surface area contributed by atoms with Gasteiger partial charge in [0, 0.05) is 5.69 Å². The Bertz CT molecular complexity index is 724. The lowest BCUT2D eigenvalue weighted by Gasteiger charge is -2.04. The summed E-state index contributed by atoms with van der Waals surface area (Å²) >= 11 is 0. The molecule has 6 heteroatoms. The molecule has 0 bridgehead atoms. The van der Waals surface area contributed by atoms with Crippen LogP contribution in [0.15, 0.2) is 53.6 Å². The number of phenolic OH excluding ortho intramolecular Hbond substituents is 1. The Labute approximate surface area is 133 Å². The van der Waals surface area contributed by atoms with Gasteiger partial charge in [0.05, 0.1) is 6.21 Å². The highest BCUT2D eigenvalue weighted by atomic mass is 16.3. The average molecular weight is 311 g/mol. The summed E-state index contributed by atoms with van der Waals surface area (Å²) in [5.74, 6) is -1.59. The number of hydrogen-bond acceptors (Lipinski definition) is 4. The number of amides is 2. The maximum absolute atomic E-state index is 11.7. The van der Waals surface area contributed by atoms with Gasteiger partial charge in [-0.15, -0.1) is 0 Å². The van der Waals surface area contributed by atoms with E-state index in [-0.39, 0.29) is 5.75 Å². The molecule has 0 aliphatic carbocycles. The van der Waals surface area contributed by atoms with E-state index in [0.29, 0.717) is 11.3 Å². The molecule has 0 aromatic heterocycles. The lowest BCUT2D eigenvalue weighted by Crippen LogP contribution is -2.32. The van der Waals surface area contributed by atoms with Crippen molar-refractivity contribution in [1.82, 2.24) is 5.43 Å². The number of benzene rings is 2. The van der Waals surface area contributed by atoms with Crippen LogP contribution < -0.4 is 10.7 Å². The summed E-state index contributed by atoms with van der Waals surface area (Å²) < 4.78 is 0. The minimum Gasteiger partial charge on any atom is -0.508 e. The molecular weight excluding hydrogens is 294 g/mol. The first kappa shape index (κ1) is 16.2. The van der Waals surface area contributed by atoms with E-state index in [0.717, 1.165) is 12.0 Å². The van der Waals surface area contributed by atoms with Gasteiger partial charge in [0.15, 0.2) is 0 Å². The van der Waals surface area contributed by atoms with Crippen LogP contribution in [0, 0.1) is 0 Å². The van der Waals surface area contributed by atoms with E-state index in [4.69, 9.17) is 0 Å². The van der Waals surface area contributed by atoms with E-state index in [1.807, 2.05) is 19.1 Å². The van der Waals surface area contributed by atoms with Crippen molar-refractivity contribution in [3.63, 3.8) is 0 Å². The topological polar surface area (TPSA) is 90.8 Å². The number of carbonyl (C=O) groups excluding carboxylic acids is 2. The van der Waals surface area contributed by atoms with Crippen molar-refractivity contribution in [2.45, 2.75) is 13.3 Å². The predicted molar refractivity (Wildman–Crippen MR) is 88.3 cm³/mol. The van der Waals surface area contributed by atoms with E-state index in [9.17, 15) is 14.7 Å². The van der Waals surface area contributed by atoms with Gasteiger partial charge in [-0.3, -0.25) is 9.59 Å². The third-order valence-electron chi connectivity index (χ3n) is 3.08. The number of carbonyl (C=O) groups is 2. The molecule has 2 aromatic carbocycles. The molecule has 0 saturated heterocycles. The maximum Gasteiger partial charge on any atom is 0.329 e. The fourth-order valence-electron chi connectivity index (χ4n) is 1.83. The van der Waals surface area contributed by atoms with E-state index in [2.05, 4.69) is 15.8 Å². The van der Waals surface area contributed by atoms with Gasteiger partial charge in [-0.25, -0.2) is 5.43 Å². The molecule has 0 spiro atoms. The minimum atomic E-state index is -0.874. The molecule has 0 aliphatic heterocycles.